The van der Waals surface area contributed by atoms with E-state index < -0.39 is 0 Å². The van der Waals surface area contributed by atoms with E-state index in [1.807, 2.05) is 0 Å². The Hall–Kier alpha value is 0. The van der Waals surface area contributed by atoms with Crippen LogP contribution < -0.4 is 0 Å². The number of hydrogen-bond acceptors (Lipinski definition) is 0. The molecule has 3 rings (SSSR count). The fourth-order valence-corrected chi connectivity index (χ4v) is 4.79. The van der Waals surface area contributed by atoms with Crippen LogP contribution in [0.5, 0.6) is 0 Å². The molecule has 0 aliphatic heterocycles. The first-order chi connectivity index (χ1) is 5.77. The first-order valence-corrected chi connectivity index (χ1v) is 5.77. The topological polar surface area (TPSA) is 0 Å². The molecule has 0 aromatic rings. The Morgan fingerprint density at radius 1 is 1.00 bits per heavy atom. The van der Waals surface area contributed by atoms with Crippen molar-refractivity contribution in [1.82, 2.24) is 0 Å². The van der Waals surface area contributed by atoms with Gasteiger partial charge in [-0.1, -0.05) is 26.2 Å². The van der Waals surface area contributed by atoms with Crippen molar-refractivity contribution in [2.75, 3.05) is 0 Å². The van der Waals surface area contributed by atoms with Crippen molar-refractivity contribution in [1.29, 1.82) is 0 Å². The molecule has 0 radical (unpaired) electrons. The second-order valence-electron chi connectivity index (χ2n) is 5.72. The first kappa shape index (κ1) is 7.41. The molecule has 12 heavy (non-hydrogen) atoms. The summed E-state index contributed by atoms with van der Waals surface area (Å²) in [6.45, 7) is 2.58. The van der Waals surface area contributed by atoms with E-state index in [-0.39, 0.29) is 0 Å². The predicted octanol–water partition coefficient (Wildman–Crippen LogP) is 3.76. The molecule has 3 aliphatic carbocycles. The minimum absolute atomic E-state index is 0.798. The molecule has 3 saturated carbocycles. The predicted molar refractivity (Wildman–Crippen MR) is 51.0 cm³/mol. The van der Waals surface area contributed by atoms with Gasteiger partial charge in [-0.2, -0.15) is 0 Å². The summed E-state index contributed by atoms with van der Waals surface area (Å²) in [5.41, 5.74) is 1.66. The Balaban J connectivity index is 1.94. The largest absolute Gasteiger partial charge is 0.0591 e. The fourth-order valence-electron chi connectivity index (χ4n) is 4.79. The maximum absolute atomic E-state index is 2.58. The van der Waals surface area contributed by atoms with Gasteiger partial charge in [0.15, 0.2) is 0 Å². The zero-order valence-corrected chi connectivity index (χ0v) is 8.23. The monoisotopic (exact) mass is 164 g/mol. The molecule has 1 spiro atoms. The summed E-state index contributed by atoms with van der Waals surface area (Å²) < 4.78 is 0. The minimum Gasteiger partial charge on any atom is -0.0591 e. The Kier molecular flexibility index (Phi) is 1.28. The lowest BCUT2D eigenvalue weighted by atomic mass is 9.41. The van der Waals surface area contributed by atoms with E-state index >= 15 is 0 Å². The van der Waals surface area contributed by atoms with E-state index in [9.17, 15) is 0 Å². The lowest BCUT2D eigenvalue weighted by molar-refractivity contribution is -0.145. The third kappa shape index (κ3) is 0.625. The fraction of sp³-hybridized carbons (Fsp3) is 1.00. The summed E-state index contributed by atoms with van der Waals surface area (Å²) in [6.07, 6.45) is 12.4. The zero-order chi connectivity index (χ0) is 8.23. The van der Waals surface area contributed by atoms with Gasteiger partial charge >= 0.3 is 0 Å². The molecule has 0 aromatic carbocycles. The maximum atomic E-state index is 2.58. The molecule has 0 heterocycles. The van der Waals surface area contributed by atoms with Gasteiger partial charge in [0.25, 0.3) is 0 Å². The van der Waals surface area contributed by atoms with Gasteiger partial charge in [-0.05, 0) is 48.9 Å². The third-order valence-electron chi connectivity index (χ3n) is 5.46. The number of hydrogen-bond donors (Lipinski definition) is 0. The summed E-state index contributed by atoms with van der Waals surface area (Å²) in [5, 5.41) is 0. The molecule has 3 fully saturated rings. The molecule has 3 aliphatic rings. The summed E-state index contributed by atoms with van der Waals surface area (Å²) in [6, 6.07) is 0. The van der Waals surface area contributed by atoms with Crippen LogP contribution in [0.25, 0.3) is 0 Å². The van der Waals surface area contributed by atoms with Gasteiger partial charge < -0.3 is 0 Å². The van der Waals surface area contributed by atoms with E-state index in [4.69, 9.17) is 0 Å². The molecular formula is C12H20. The van der Waals surface area contributed by atoms with Crippen LogP contribution in [-0.4, -0.2) is 0 Å². The maximum Gasteiger partial charge on any atom is -0.0215 e. The molecule has 3 unspecified atom stereocenters. The van der Waals surface area contributed by atoms with Gasteiger partial charge in [-0.15, -0.1) is 0 Å². The van der Waals surface area contributed by atoms with Crippen LogP contribution in [0.2, 0.25) is 0 Å². The van der Waals surface area contributed by atoms with Crippen molar-refractivity contribution in [2.24, 2.45) is 16.7 Å². The van der Waals surface area contributed by atoms with E-state index in [0.29, 0.717) is 0 Å². The van der Waals surface area contributed by atoms with Crippen LogP contribution in [0.3, 0.4) is 0 Å². The molecule has 3 atom stereocenters. The molecule has 0 aromatic heterocycles. The highest BCUT2D eigenvalue weighted by Gasteiger charge is 2.63. The van der Waals surface area contributed by atoms with Gasteiger partial charge in [-0.3, -0.25) is 0 Å². The summed E-state index contributed by atoms with van der Waals surface area (Å²) in [7, 11) is 0. The molecule has 68 valence electrons. The van der Waals surface area contributed by atoms with E-state index in [1.165, 1.54) is 12.8 Å². The minimum atomic E-state index is 0.798. The molecular weight excluding hydrogens is 144 g/mol. The summed E-state index contributed by atoms with van der Waals surface area (Å²) in [5.74, 6) is 1.16. The van der Waals surface area contributed by atoms with E-state index in [2.05, 4.69) is 6.92 Å². The van der Waals surface area contributed by atoms with Crippen molar-refractivity contribution < 1.29 is 0 Å². The third-order valence-corrected chi connectivity index (χ3v) is 5.46. The Bertz CT molecular complexity index is 208. The summed E-state index contributed by atoms with van der Waals surface area (Å²) in [4.78, 5) is 0. The average molecular weight is 164 g/mol. The van der Waals surface area contributed by atoms with Crippen LogP contribution >= 0.6 is 0 Å². The van der Waals surface area contributed by atoms with Crippen LogP contribution in [0, 0.1) is 16.7 Å². The van der Waals surface area contributed by atoms with Crippen molar-refractivity contribution in [3.63, 3.8) is 0 Å². The Morgan fingerprint density at radius 2 is 1.75 bits per heavy atom. The van der Waals surface area contributed by atoms with Crippen LogP contribution in [0.1, 0.15) is 58.3 Å². The molecule has 0 bridgehead atoms. The molecule has 0 saturated heterocycles. The van der Waals surface area contributed by atoms with E-state index in [0.717, 1.165) is 16.7 Å². The SMILES string of the molecule is CC12CCCCC13CCCC3C2. The Morgan fingerprint density at radius 3 is 2.50 bits per heavy atom. The van der Waals surface area contributed by atoms with Gasteiger partial charge in [-0.25, -0.2) is 0 Å². The highest BCUT2D eigenvalue weighted by molar-refractivity contribution is 5.13. The molecule has 0 N–H and O–H groups in total. The van der Waals surface area contributed by atoms with Crippen molar-refractivity contribution in [3.8, 4) is 0 Å². The molecule has 0 heteroatoms. The normalized spacial score (nSPS) is 57.2. The molecule has 0 nitrogen and oxygen atoms in total. The highest BCUT2D eigenvalue weighted by atomic mass is 14.7. The van der Waals surface area contributed by atoms with Crippen molar-refractivity contribution >= 4 is 0 Å². The van der Waals surface area contributed by atoms with Crippen molar-refractivity contribution in [3.05, 3.63) is 0 Å². The quantitative estimate of drug-likeness (QED) is 0.511. The molecule has 0 amide bonds. The highest BCUT2D eigenvalue weighted by Crippen LogP contribution is 2.73. The lowest BCUT2D eigenvalue weighted by Crippen LogP contribution is -2.55. The van der Waals surface area contributed by atoms with Gasteiger partial charge in [0.2, 0.25) is 0 Å². The zero-order valence-electron chi connectivity index (χ0n) is 8.23. The second kappa shape index (κ2) is 2.08. The van der Waals surface area contributed by atoms with Crippen LogP contribution in [-0.2, 0) is 0 Å². The average Bonchev–Trinajstić information content (AvgIpc) is 2.33. The summed E-state index contributed by atoms with van der Waals surface area (Å²) >= 11 is 0. The first-order valence-electron chi connectivity index (χ1n) is 5.77. The van der Waals surface area contributed by atoms with Crippen LogP contribution in [0.15, 0.2) is 0 Å². The standard InChI is InChI=1S/C12H20/c1-11-6-2-3-7-12(11)8-4-5-10(12)9-11/h10H,2-9H2,1H3. The van der Waals surface area contributed by atoms with Gasteiger partial charge in [0.05, 0.1) is 0 Å². The Labute approximate surface area is 75.7 Å². The van der Waals surface area contributed by atoms with Gasteiger partial charge in [0, 0.05) is 0 Å². The van der Waals surface area contributed by atoms with E-state index in [1.54, 1.807) is 38.5 Å². The number of rotatable bonds is 0. The second-order valence-corrected chi connectivity index (χ2v) is 5.72. The smallest absolute Gasteiger partial charge is 0.0215 e. The van der Waals surface area contributed by atoms with Gasteiger partial charge in [0.1, 0.15) is 0 Å². The lowest BCUT2D eigenvalue weighted by Gasteiger charge is -2.64. The van der Waals surface area contributed by atoms with Crippen molar-refractivity contribution in [2.45, 2.75) is 58.3 Å². The van der Waals surface area contributed by atoms with Crippen LogP contribution in [0.4, 0.5) is 0 Å².